The molecule has 0 spiro atoms. The van der Waals surface area contributed by atoms with Crippen LogP contribution in [0.2, 0.25) is 5.02 Å². The summed E-state index contributed by atoms with van der Waals surface area (Å²) in [6.07, 6.45) is 8.60. The minimum absolute atomic E-state index is 0.145. The highest BCUT2D eigenvalue weighted by Crippen LogP contribution is 2.42. The molecule has 0 unspecified atom stereocenters. The first-order valence-corrected chi connectivity index (χ1v) is 7.01. The molecule has 0 aromatic heterocycles. The van der Waals surface area contributed by atoms with Crippen LogP contribution in [0.1, 0.15) is 23.2 Å². The molecular formula is C15H15ClN2O2. The Bertz CT molecular complexity index is 598. The van der Waals surface area contributed by atoms with Crippen molar-refractivity contribution in [2.24, 2.45) is 22.9 Å². The second-order valence-electron chi connectivity index (χ2n) is 5.32. The number of rotatable bonds is 3. The van der Waals surface area contributed by atoms with E-state index in [0.717, 1.165) is 6.42 Å². The fourth-order valence-corrected chi connectivity index (χ4v) is 3.11. The summed E-state index contributed by atoms with van der Waals surface area (Å²) in [6, 6.07) is 4.37. The maximum absolute atomic E-state index is 11.9. The van der Waals surface area contributed by atoms with E-state index >= 15 is 0 Å². The number of hydrazone groups is 1. The standard InChI is InChI=1S/C15H15ClN2O2/c16-12-3-4-13(14(19)7-12)15(20)18-17-8-11-6-9-1-2-10(11)5-9/h1-4,7-11,19H,5-6H2,(H,18,20)/b17-8-/t9-,10-,11+/m0/s1. The van der Waals surface area contributed by atoms with Gasteiger partial charge in [0.2, 0.25) is 0 Å². The van der Waals surface area contributed by atoms with Crippen LogP contribution in [0, 0.1) is 17.8 Å². The number of amides is 1. The van der Waals surface area contributed by atoms with E-state index in [1.54, 1.807) is 12.3 Å². The van der Waals surface area contributed by atoms with Crippen LogP contribution < -0.4 is 5.43 Å². The van der Waals surface area contributed by atoms with Crippen LogP contribution in [-0.4, -0.2) is 17.2 Å². The summed E-state index contributed by atoms with van der Waals surface area (Å²) >= 11 is 5.72. The van der Waals surface area contributed by atoms with Crippen LogP contribution in [0.3, 0.4) is 0 Å². The monoisotopic (exact) mass is 290 g/mol. The largest absolute Gasteiger partial charge is 0.507 e. The highest BCUT2D eigenvalue weighted by atomic mass is 35.5. The molecule has 2 aliphatic rings. The van der Waals surface area contributed by atoms with E-state index in [9.17, 15) is 9.90 Å². The van der Waals surface area contributed by atoms with Crippen LogP contribution in [0.5, 0.6) is 5.75 Å². The Labute approximate surface area is 122 Å². The SMILES string of the molecule is O=C(N/N=C\[C@H]1C[C@H]2C=C[C@H]1C2)c1ccc(Cl)cc1O. The van der Waals surface area contributed by atoms with Crippen LogP contribution in [0.15, 0.2) is 35.5 Å². The van der Waals surface area contributed by atoms with E-state index in [1.165, 1.54) is 18.6 Å². The molecule has 4 nitrogen and oxygen atoms in total. The van der Waals surface area contributed by atoms with Gasteiger partial charge in [0.15, 0.2) is 0 Å². The molecule has 20 heavy (non-hydrogen) atoms. The number of allylic oxidation sites excluding steroid dienone is 2. The number of nitrogens with one attached hydrogen (secondary N) is 1. The molecule has 0 heterocycles. The summed E-state index contributed by atoms with van der Waals surface area (Å²) < 4.78 is 0. The van der Waals surface area contributed by atoms with E-state index in [4.69, 9.17) is 11.6 Å². The molecule has 3 atom stereocenters. The van der Waals surface area contributed by atoms with Gasteiger partial charge < -0.3 is 5.11 Å². The number of benzene rings is 1. The van der Waals surface area contributed by atoms with E-state index < -0.39 is 5.91 Å². The lowest BCUT2D eigenvalue weighted by molar-refractivity contribution is 0.0952. The fraction of sp³-hybridized carbons (Fsp3) is 0.333. The van der Waals surface area contributed by atoms with Crippen molar-refractivity contribution in [3.05, 3.63) is 40.9 Å². The number of phenols is 1. The molecule has 1 saturated carbocycles. The van der Waals surface area contributed by atoms with Gasteiger partial charge in [0.25, 0.3) is 5.91 Å². The average molecular weight is 291 g/mol. The fourth-order valence-electron chi connectivity index (χ4n) is 2.94. The van der Waals surface area contributed by atoms with Gasteiger partial charge in [-0.2, -0.15) is 5.10 Å². The number of aromatic hydroxyl groups is 1. The average Bonchev–Trinajstić information content (AvgIpc) is 3.00. The van der Waals surface area contributed by atoms with Gasteiger partial charge in [-0.1, -0.05) is 23.8 Å². The Hall–Kier alpha value is -1.81. The van der Waals surface area contributed by atoms with Crippen molar-refractivity contribution in [1.29, 1.82) is 0 Å². The maximum atomic E-state index is 11.9. The zero-order valence-electron chi connectivity index (χ0n) is 10.8. The number of nitrogens with zero attached hydrogens (tertiary/aromatic N) is 1. The van der Waals surface area contributed by atoms with Gasteiger partial charge in [-0.25, -0.2) is 5.43 Å². The molecule has 0 radical (unpaired) electrons. The quantitative estimate of drug-likeness (QED) is 0.511. The molecule has 1 aromatic rings. The van der Waals surface area contributed by atoms with Crippen molar-refractivity contribution in [3.63, 3.8) is 0 Å². The number of hydrogen-bond donors (Lipinski definition) is 2. The van der Waals surface area contributed by atoms with Crippen LogP contribution >= 0.6 is 11.6 Å². The van der Waals surface area contributed by atoms with Crippen molar-refractivity contribution >= 4 is 23.7 Å². The molecule has 2 bridgehead atoms. The summed E-state index contributed by atoms with van der Waals surface area (Å²) in [5, 5.41) is 14.0. The van der Waals surface area contributed by atoms with Gasteiger partial charge in [-0.15, -0.1) is 0 Å². The number of carbonyl (C=O) groups is 1. The first kappa shape index (κ1) is 13.2. The van der Waals surface area contributed by atoms with Crippen molar-refractivity contribution < 1.29 is 9.90 Å². The number of hydrogen-bond acceptors (Lipinski definition) is 3. The minimum atomic E-state index is -0.436. The molecule has 0 aliphatic heterocycles. The molecule has 1 fully saturated rings. The Balaban J connectivity index is 1.60. The number of halogens is 1. The summed E-state index contributed by atoms with van der Waals surface area (Å²) in [5.41, 5.74) is 2.62. The molecule has 1 aromatic carbocycles. The smallest absolute Gasteiger partial charge is 0.275 e. The Kier molecular flexibility index (Phi) is 3.49. The number of phenolic OH excluding ortho intramolecular Hbond substituents is 1. The second kappa shape index (κ2) is 5.29. The Morgan fingerprint density at radius 2 is 2.25 bits per heavy atom. The predicted octanol–water partition coefficient (Wildman–Crippen LogP) is 2.97. The predicted molar refractivity (Wildman–Crippen MR) is 77.9 cm³/mol. The van der Waals surface area contributed by atoms with E-state index in [1.807, 2.05) is 0 Å². The Morgan fingerprint density at radius 1 is 1.40 bits per heavy atom. The number of fused-ring (bicyclic) bond motifs is 2. The summed E-state index contributed by atoms with van der Waals surface area (Å²) in [7, 11) is 0. The van der Waals surface area contributed by atoms with Crippen LogP contribution in [-0.2, 0) is 0 Å². The van der Waals surface area contributed by atoms with Crippen LogP contribution in [0.4, 0.5) is 0 Å². The molecule has 2 N–H and O–H groups in total. The normalized spacial score (nSPS) is 27.4. The van der Waals surface area contributed by atoms with Crippen molar-refractivity contribution in [1.82, 2.24) is 5.43 Å². The zero-order valence-corrected chi connectivity index (χ0v) is 11.5. The van der Waals surface area contributed by atoms with Gasteiger partial charge in [0.05, 0.1) is 5.56 Å². The van der Waals surface area contributed by atoms with Gasteiger partial charge in [-0.3, -0.25) is 4.79 Å². The maximum Gasteiger partial charge on any atom is 0.275 e. The lowest BCUT2D eigenvalue weighted by atomic mass is 9.95. The second-order valence-corrected chi connectivity index (χ2v) is 5.76. The van der Waals surface area contributed by atoms with Crippen LogP contribution in [0.25, 0.3) is 0 Å². The van der Waals surface area contributed by atoms with Gasteiger partial charge in [-0.05, 0) is 42.9 Å². The van der Waals surface area contributed by atoms with Crippen molar-refractivity contribution in [2.45, 2.75) is 12.8 Å². The minimum Gasteiger partial charge on any atom is -0.507 e. The number of carbonyl (C=O) groups excluding carboxylic acids is 1. The van der Waals surface area contributed by atoms with E-state index in [-0.39, 0.29) is 11.3 Å². The van der Waals surface area contributed by atoms with Crippen molar-refractivity contribution in [3.8, 4) is 5.75 Å². The van der Waals surface area contributed by atoms with E-state index in [2.05, 4.69) is 22.7 Å². The molecular weight excluding hydrogens is 276 g/mol. The molecule has 3 rings (SSSR count). The topological polar surface area (TPSA) is 61.7 Å². The highest BCUT2D eigenvalue weighted by molar-refractivity contribution is 6.30. The summed E-state index contributed by atoms with van der Waals surface area (Å²) in [4.78, 5) is 11.9. The molecule has 104 valence electrons. The van der Waals surface area contributed by atoms with Gasteiger partial charge in [0, 0.05) is 17.2 Å². The summed E-state index contributed by atoms with van der Waals surface area (Å²) in [6.45, 7) is 0. The lowest BCUT2D eigenvalue weighted by Crippen LogP contribution is -2.19. The molecule has 2 aliphatic carbocycles. The molecule has 5 heteroatoms. The molecule has 0 saturated heterocycles. The summed E-state index contributed by atoms with van der Waals surface area (Å²) in [5.74, 6) is 1.06. The highest BCUT2D eigenvalue weighted by Gasteiger charge is 2.34. The third-order valence-corrected chi connectivity index (χ3v) is 4.20. The first-order valence-electron chi connectivity index (χ1n) is 6.64. The first-order chi connectivity index (χ1) is 9.63. The van der Waals surface area contributed by atoms with E-state index in [0.29, 0.717) is 22.8 Å². The van der Waals surface area contributed by atoms with Gasteiger partial charge in [0.1, 0.15) is 5.75 Å². The lowest BCUT2D eigenvalue weighted by Gasteiger charge is -2.12. The Morgan fingerprint density at radius 3 is 2.90 bits per heavy atom. The zero-order chi connectivity index (χ0) is 14.1. The molecule has 1 amide bonds. The van der Waals surface area contributed by atoms with Gasteiger partial charge >= 0.3 is 0 Å². The third kappa shape index (κ3) is 2.56. The van der Waals surface area contributed by atoms with Crippen molar-refractivity contribution in [2.75, 3.05) is 0 Å². The third-order valence-electron chi connectivity index (χ3n) is 3.97.